The second kappa shape index (κ2) is 6.23. The average molecular weight is 336 g/mol. The first-order valence-electron chi connectivity index (χ1n) is 7.95. The van der Waals surface area contributed by atoms with Crippen molar-refractivity contribution in [1.29, 1.82) is 0 Å². The number of carbonyl (C=O) groups is 1. The molecule has 1 aromatic rings. The molecule has 0 bridgehead atoms. The van der Waals surface area contributed by atoms with Crippen LogP contribution in [0.1, 0.15) is 19.4 Å². The third-order valence-electron chi connectivity index (χ3n) is 4.51. The Labute approximate surface area is 141 Å². The molecule has 2 saturated heterocycles. The lowest BCUT2D eigenvalue weighted by Gasteiger charge is -2.47. The van der Waals surface area contributed by atoms with Crippen molar-refractivity contribution in [2.45, 2.75) is 44.4 Å². The standard InChI is InChI=1S/C17H24N2O5/c1-17(2)23-9-13(24-17)15-14(18)16(20)19(15)8-10-5-6-11(21-3)12(7-10)22-4/h5-7,13-15H,8-9,18H2,1-4H3. The molecular weight excluding hydrogens is 312 g/mol. The zero-order valence-electron chi connectivity index (χ0n) is 14.4. The number of carbonyl (C=O) groups excluding carboxylic acids is 1. The van der Waals surface area contributed by atoms with E-state index in [1.165, 1.54) is 0 Å². The summed E-state index contributed by atoms with van der Waals surface area (Å²) >= 11 is 0. The third kappa shape index (κ3) is 2.94. The molecule has 7 heteroatoms. The van der Waals surface area contributed by atoms with Crippen molar-refractivity contribution >= 4 is 5.91 Å². The topological polar surface area (TPSA) is 83.3 Å². The summed E-state index contributed by atoms with van der Waals surface area (Å²) in [5, 5.41) is 0. The average Bonchev–Trinajstić information content (AvgIpc) is 2.92. The van der Waals surface area contributed by atoms with Gasteiger partial charge in [-0.15, -0.1) is 0 Å². The summed E-state index contributed by atoms with van der Waals surface area (Å²) < 4.78 is 22.0. The van der Waals surface area contributed by atoms with E-state index >= 15 is 0 Å². The zero-order valence-corrected chi connectivity index (χ0v) is 14.4. The Morgan fingerprint density at radius 2 is 2.00 bits per heavy atom. The van der Waals surface area contributed by atoms with Crippen molar-refractivity contribution < 1.29 is 23.7 Å². The largest absolute Gasteiger partial charge is 0.493 e. The number of benzene rings is 1. The summed E-state index contributed by atoms with van der Waals surface area (Å²) in [4.78, 5) is 14.0. The van der Waals surface area contributed by atoms with Crippen molar-refractivity contribution in [3.05, 3.63) is 23.8 Å². The van der Waals surface area contributed by atoms with Crippen LogP contribution >= 0.6 is 0 Å². The summed E-state index contributed by atoms with van der Waals surface area (Å²) in [5.74, 6) is 0.560. The Hall–Kier alpha value is -1.83. The molecule has 2 aliphatic rings. The lowest BCUT2D eigenvalue weighted by atomic mass is 9.90. The molecule has 3 atom stereocenters. The maximum atomic E-state index is 12.2. The smallest absolute Gasteiger partial charge is 0.242 e. The van der Waals surface area contributed by atoms with Gasteiger partial charge in [0, 0.05) is 6.54 Å². The lowest BCUT2D eigenvalue weighted by molar-refractivity contribution is -0.172. The highest BCUT2D eigenvalue weighted by atomic mass is 16.7. The number of amides is 1. The van der Waals surface area contributed by atoms with Gasteiger partial charge in [-0.05, 0) is 31.5 Å². The van der Waals surface area contributed by atoms with E-state index in [2.05, 4.69) is 0 Å². The molecule has 1 amide bonds. The van der Waals surface area contributed by atoms with Crippen LogP contribution in [0.5, 0.6) is 11.5 Å². The molecule has 2 aliphatic heterocycles. The molecule has 7 nitrogen and oxygen atoms in total. The quantitative estimate of drug-likeness (QED) is 0.804. The minimum atomic E-state index is -0.641. The minimum Gasteiger partial charge on any atom is -0.493 e. The van der Waals surface area contributed by atoms with Gasteiger partial charge in [-0.25, -0.2) is 0 Å². The Kier molecular flexibility index (Phi) is 4.42. The van der Waals surface area contributed by atoms with Crippen LogP contribution in [-0.4, -0.2) is 55.6 Å². The number of β-lactam (4-membered cyclic amide) rings is 1. The van der Waals surface area contributed by atoms with Crippen molar-refractivity contribution in [3.8, 4) is 11.5 Å². The lowest BCUT2D eigenvalue weighted by Crippen LogP contribution is -2.72. The molecule has 3 unspecified atom stereocenters. The molecule has 2 heterocycles. The highest BCUT2D eigenvalue weighted by Gasteiger charge is 2.52. The van der Waals surface area contributed by atoms with Crippen LogP contribution < -0.4 is 15.2 Å². The van der Waals surface area contributed by atoms with E-state index in [1.54, 1.807) is 19.1 Å². The van der Waals surface area contributed by atoms with E-state index < -0.39 is 11.8 Å². The van der Waals surface area contributed by atoms with Crippen LogP contribution in [0.2, 0.25) is 0 Å². The van der Waals surface area contributed by atoms with Gasteiger partial charge in [0.15, 0.2) is 17.3 Å². The van der Waals surface area contributed by atoms with Gasteiger partial charge in [-0.2, -0.15) is 0 Å². The molecular formula is C17H24N2O5. The van der Waals surface area contributed by atoms with Crippen LogP contribution in [0.3, 0.4) is 0 Å². The Bertz CT molecular complexity index is 633. The minimum absolute atomic E-state index is 0.0805. The van der Waals surface area contributed by atoms with Crippen molar-refractivity contribution in [3.63, 3.8) is 0 Å². The zero-order chi connectivity index (χ0) is 17.5. The van der Waals surface area contributed by atoms with Gasteiger partial charge in [0.2, 0.25) is 5.91 Å². The maximum absolute atomic E-state index is 12.2. The number of nitrogens with zero attached hydrogens (tertiary/aromatic N) is 1. The van der Waals surface area contributed by atoms with Gasteiger partial charge in [-0.1, -0.05) is 6.07 Å². The van der Waals surface area contributed by atoms with E-state index in [1.807, 2.05) is 32.0 Å². The number of methoxy groups -OCH3 is 2. The van der Waals surface area contributed by atoms with E-state index in [-0.39, 0.29) is 18.1 Å². The van der Waals surface area contributed by atoms with Gasteiger partial charge in [0.25, 0.3) is 0 Å². The molecule has 24 heavy (non-hydrogen) atoms. The molecule has 2 fully saturated rings. The molecule has 2 N–H and O–H groups in total. The van der Waals surface area contributed by atoms with E-state index in [9.17, 15) is 4.79 Å². The number of hydrogen-bond donors (Lipinski definition) is 1. The van der Waals surface area contributed by atoms with Crippen LogP contribution in [-0.2, 0) is 20.8 Å². The Morgan fingerprint density at radius 1 is 1.29 bits per heavy atom. The van der Waals surface area contributed by atoms with Gasteiger partial charge in [-0.3, -0.25) is 4.79 Å². The Balaban J connectivity index is 1.75. The molecule has 0 aromatic heterocycles. The summed E-state index contributed by atoms with van der Waals surface area (Å²) in [6.45, 7) is 4.59. The highest BCUT2D eigenvalue weighted by Crippen LogP contribution is 2.34. The number of rotatable bonds is 5. The number of hydrogen-bond acceptors (Lipinski definition) is 6. The second-order valence-corrected chi connectivity index (χ2v) is 6.54. The van der Waals surface area contributed by atoms with Gasteiger partial charge < -0.3 is 29.6 Å². The third-order valence-corrected chi connectivity index (χ3v) is 4.51. The number of nitrogens with two attached hydrogens (primary N) is 1. The second-order valence-electron chi connectivity index (χ2n) is 6.54. The van der Waals surface area contributed by atoms with Crippen LogP contribution in [0.4, 0.5) is 0 Å². The molecule has 3 rings (SSSR count). The van der Waals surface area contributed by atoms with Gasteiger partial charge in [0.1, 0.15) is 12.1 Å². The van der Waals surface area contributed by atoms with E-state index in [4.69, 9.17) is 24.7 Å². The van der Waals surface area contributed by atoms with Crippen LogP contribution in [0.15, 0.2) is 18.2 Å². The fourth-order valence-electron chi connectivity index (χ4n) is 3.27. The highest BCUT2D eigenvalue weighted by molar-refractivity contribution is 5.89. The molecule has 0 aliphatic carbocycles. The van der Waals surface area contributed by atoms with Gasteiger partial charge in [0.05, 0.1) is 26.9 Å². The predicted molar refractivity (Wildman–Crippen MR) is 86.8 cm³/mol. The Morgan fingerprint density at radius 3 is 2.58 bits per heavy atom. The summed E-state index contributed by atoms with van der Waals surface area (Å²) in [6.07, 6.45) is -0.215. The number of likely N-dealkylation sites (tertiary alicyclic amines) is 1. The van der Waals surface area contributed by atoms with Crippen molar-refractivity contribution in [1.82, 2.24) is 4.90 Å². The first-order valence-corrected chi connectivity index (χ1v) is 7.95. The fraction of sp³-hybridized carbons (Fsp3) is 0.588. The number of ether oxygens (including phenoxy) is 4. The maximum Gasteiger partial charge on any atom is 0.242 e. The summed E-state index contributed by atoms with van der Waals surface area (Å²) in [6, 6.07) is 4.86. The molecule has 0 radical (unpaired) electrons. The van der Waals surface area contributed by atoms with Crippen LogP contribution in [0, 0.1) is 0 Å². The monoisotopic (exact) mass is 336 g/mol. The SMILES string of the molecule is COc1ccc(CN2C(=O)C(N)C2C2COC(C)(C)O2)cc1OC. The van der Waals surface area contributed by atoms with E-state index in [0.717, 1.165) is 5.56 Å². The molecule has 0 spiro atoms. The predicted octanol–water partition coefficient (Wildman–Crippen LogP) is 0.893. The van der Waals surface area contributed by atoms with E-state index in [0.29, 0.717) is 24.7 Å². The summed E-state index contributed by atoms with van der Waals surface area (Å²) in [7, 11) is 3.17. The first kappa shape index (κ1) is 17.0. The first-order chi connectivity index (χ1) is 11.4. The molecule has 132 valence electrons. The van der Waals surface area contributed by atoms with Gasteiger partial charge >= 0.3 is 0 Å². The fourth-order valence-corrected chi connectivity index (χ4v) is 3.27. The summed E-state index contributed by atoms with van der Waals surface area (Å²) in [5.41, 5.74) is 6.95. The normalized spacial score (nSPS) is 28.6. The van der Waals surface area contributed by atoms with Crippen LogP contribution in [0.25, 0.3) is 0 Å². The molecule has 1 aromatic carbocycles. The van der Waals surface area contributed by atoms with Crippen molar-refractivity contribution in [2.75, 3.05) is 20.8 Å². The molecule has 0 saturated carbocycles. The van der Waals surface area contributed by atoms with Crippen molar-refractivity contribution in [2.24, 2.45) is 5.73 Å².